The first-order chi connectivity index (χ1) is 26.8. The van der Waals surface area contributed by atoms with Crippen molar-refractivity contribution in [1.29, 1.82) is 0 Å². The fraction of sp³-hybridized carbons (Fsp3) is 0.333. The fourth-order valence-corrected chi connectivity index (χ4v) is 11.4. The molecule has 2 N–H and O–H groups in total. The van der Waals surface area contributed by atoms with Crippen LogP contribution in [0.15, 0.2) is 162 Å². The Morgan fingerprint density at radius 1 is 0.722 bits per heavy atom. The van der Waals surface area contributed by atoms with Crippen LogP contribution in [-0.4, -0.2) is 21.6 Å². The minimum atomic E-state index is 0.231. The SMILES string of the molecule is C1=CCC(C2=CC=C3[NH2+]C(n4c5c(c6cc(C7=CC8C9C=CC=CC9N(C9=CCCC=C9)C8C=C7)ccc64)C=CCC5)C=C(C4CC=CCC4)C3C2)C=C1. The number of nitrogens with two attached hydrogens (primary N) is 1. The van der Waals surface area contributed by atoms with Crippen LogP contribution in [-0.2, 0) is 6.42 Å². The van der Waals surface area contributed by atoms with E-state index in [1.807, 2.05) is 0 Å². The van der Waals surface area contributed by atoms with Crippen LogP contribution < -0.4 is 5.32 Å². The van der Waals surface area contributed by atoms with Gasteiger partial charge in [0.15, 0.2) is 6.17 Å². The van der Waals surface area contributed by atoms with Crippen molar-refractivity contribution in [1.82, 2.24) is 9.47 Å². The largest absolute Gasteiger partial charge is 0.358 e. The summed E-state index contributed by atoms with van der Waals surface area (Å²) in [5.74, 6) is 2.61. The van der Waals surface area contributed by atoms with Crippen LogP contribution in [0.5, 0.6) is 0 Å². The summed E-state index contributed by atoms with van der Waals surface area (Å²) in [6.07, 6.45) is 61.3. The van der Waals surface area contributed by atoms with E-state index in [-0.39, 0.29) is 6.17 Å². The molecule has 2 aliphatic heterocycles. The minimum Gasteiger partial charge on any atom is -0.358 e. The molecule has 0 saturated carbocycles. The lowest BCUT2D eigenvalue weighted by atomic mass is 9.72. The summed E-state index contributed by atoms with van der Waals surface area (Å²) < 4.78 is 2.73. The van der Waals surface area contributed by atoms with Gasteiger partial charge in [0.2, 0.25) is 0 Å². The predicted molar refractivity (Wildman–Crippen MR) is 224 cm³/mol. The molecule has 1 fully saturated rings. The number of quaternary nitrogens is 1. The number of nitrogens with zero attached hydrogens (tertiary/aromatic N) is 2. The van der Waals surface area contributed by atoms with Gasteiger partial charge in [0.1, 0.15) is 5.70 Å². The average Bonchev–Trinajstić information content (AvgIpc) is 3.76. The number of likely N-dealkylation sites (tertiary alicyclic amines) is 1. The summed E-state index contributed by atoms with van der Waals surface area (Å²) in [6.45, 7) is 0. The van der Waals surface area contributed by atoms with Crippen molar-refractivity contribution >= 4 is 22.6 Å². The zero-order chi connectivity index (χ0) is 35.6. The van der Waals surface area contributed by atoms with Crippen LogP contribution in [0.4, 0.5) is 0 Å². The lowest BCUT2D eigenvalue weighted by Gasteiger charge is -2.37. The highest BCUT2D eigenvalue weighted by atomic mass is 15.2. The van der Waals surface area contributed by atoms with E-state index in [1.54, 1.807) is 11.1 Å². The van der Waals surface area contributed by atoms with Crippen molar-refractivity contribution in [3.05, 3.63) is 179 Å². The van der Waals surface area contributed by atoms with Gasteiger partial charge in [-0.15, -0.1) is 0 Å². The standard InChI is InChI=1S/C51H51N3/c1-4-14-34(15-5-1)36-24-27-46-43(30-36)42(35-16-6-2-7-17-35)33-51(52-46)54-48-23-13-11-21-41(48)45-32-38(26-29-50(45)54)37-25-28-49-44(31-37)40-20-10-12-22-47(40)53(49)39-18-8-3-9-19-39/h1-2,4-6,8,10-12,14,18-22,24-29,31-35,40,43-44,47,49,51-52H,3,7,9,13,15-17,23,30H2/p+1. The van der Waals surface area contributed by atoms with Gasteiger partial charge in [0, 0.05) is 40.1 Å². The van der Waals surface area contributed by atoms with Crippen LogP contribution >= 0.6 is 0 Å². The van der Waals surface area contributed by atoms with E-state index in [4.69, 9.17) is 0 Å². The number of benzene rings is 1. The van der Waals surface area contributed by atoms with Crippen molar-refractivity contribution in [2.75, 3.05) is 0 Å². The van der Waals surface area contributed by atoms with Crippen LogP contribution in [0.2, 0.25) is 0 Å². The smallest absolute Gasteiger partial charge is 0.189 e. The van der Waals surface area contributed by atoms with E-state index in [0.717, 1.165) is 38.5 Å². The van der Waals surface area contributed by atoms with Crippen molar-refractivity contribution in [2.45, 2.75) is 76.0 Å². The van der Waals surface area contributed by atoms with E-state index >= 15 is 0 Å². The third kappa shape index (κ3) is 5.41. The molecule has 1 aromatic carbocycles. The Bertz CT molecular complexity index is 2300. The van der Waals surface area contributed by atoms with Gasteiger partial charge < -0.3 is 4.90 Å². The van der Waals surface area contributed by atoms with E-state index in [9.17, 15) is 0 Å². The maximum Gasteiger partial charge on any atom is 0.189 e. The highest BCUT2D eigenvalue weighted by molar-refractivity contribution is 5.95. The number of aromatic nitrogens is 1. The number of hydrogen-bond donors (Lipinski definition) is 1. The minimum absolute atomic E-state index is 0.231. The molecule has 0 radical (unpaired) electrons. The van der Waals surface area contributed by atoms with Gasteiger partial charge in [-0.25, -0.2) is 0 Å². The normalized spacial score (nSPS) is 33.1. The molecule has 2 aromatic rings. The summed E-state index contributed by atoms with van der Waals surface area (Å²) >= 11 is 0. The predicted octanol–water partition coefficient (Wildman–Crippen LogP) is 10.5. The molecule has 7 aliphatic carbocycles. The second kappa shape index (κ2) is 13.5. The monoisotopic (exact) mass is 706 g/mol. The van der Waals surface area contributed by atoms with Crippen LogP contribution in [0.25, 0.3) is 22.6 Å². The lowest BCUT2D eigenvalue weighted by Crippen LogP contribution is -2.87. The number of hydrogen-bond acceptors (Lipinski definition) is 1. The topological polar surface area (TPSA) is 24.8 Å². The molecule has 0 amide bonds. The Labute approximate surface area is 321 Å². The molecule has 3 nitrogen and oxygen atoms in total. The van der Waals surface area contributed by atoms with Gasteiger partial charge in [-0.05, 0) is 111 Å². The average molecular weight is 707 g/mol. The second-order valence-corrected chi connectivity index (χ2v) is 16.9. The third-order valence-electron chi connectivity index (χ3n) is 14.0. The Kier molecular flexibility index (Phi) is 8.12. The summed E-state index contributed by atoms with van der Waals surface area (Å²) in [4.78, 5) is 2.69. The molecule has 3 heteroatoms. The van der Waals surface area contributed by atoms with Gasteiger partial charge in [-0.2, -0.15) is 0 Å². The molecular weight excluding hydrogens is 655 g/mol. The molecule has 9 aliphatic rings. The van der Waals surface area contributed by atoms with E-state index in [1.165, 1.54) is 64.0 Å². The number of allylic oxidation sites excluding steroid dienone is 18. The van der Waals surface area contributed by atoms with Crippen molar-refractivity contribution < 1.29 is 5.32 Å². The number of rotatable bonds is 5. The van der Waals surface area contributed by atoms with Gasteiger partial charge >= 0.3 is 0 Å². The molecule has 54 heavy (non-hydrogen) atoms. The molecule has 1 aromatic heterocycles. The fourth-order valence-electron chi connectivity index (χ4n) is 11.4. The molecule has 1 saturated heterocycles. The van der Waals surface area contributed by atoms with Gasteiger partial charge in [-0.1, -0.05) is 121 Å². The Morgan fingerprint density at radius 2 is 1.65 bits per heavy atom. The van der Waals surface area contributed by atoms with Gasteiger partial charge in [0.05, 0.1) is 23.5 Å². The summed E-state index contributed by atoms with van der Waals surface area (Å²) in [7, 11) is 0. The first-order valence-electron chi connectivity index (χ1n) is 21.0. The zero-order valence-corrected chi connectivity index (χ0v) is 31.3. The van der Waals surface area contributed by atoms with Crippen molar-refractivity contribution in [3.63, 3.8) is 0 Å². The van der Waals surface area contributed by atoms with Crippen molar-refractivity contribution in [2.24, 2.45) is 29.6 Å². The molecule has 0 bridgehead atoms. The van der Waals surface area contributed by atoms with E-state index in [0.29, 0.717) is 41.7 Å². The molecule has 3 heterocycles. The molecule has 8 unspecified atom stereocenters. The molecular formula is C51H52N3+. The van der Waals surface area contributed by atoms with E-state index in [2.05, 4.69) is 161 Å². The number of fused-ring (bicyclic) bond motifs is 7. The maximum absolute atomic E-state index is 2.73. The first-order valence-corrected chi connectivity index (χ1v) is 21.0. The Hall–Kier alpha value is -4.86. The van der Waals surface area contributed by atoms with Crippen molar-refractivity contribution in [3.8, 4) is 0 Å². The molecule has 8 atom stereocenters. The zero-order valence-electron chi connectivity index (χ0n) is 31.3. The summed E-state index contributed by atoms with van der Waals surface area (Å²) in [6, 6.07) is 8.18. The summed E-state index contributed by atoms with van der Waals surface area (Å²) in [5.41, 5.74) is 13.3. The lowest BCUT2D eigenvalue weighted by molar-refractivity contribution is -0.662. The quantitative estimate of drug-likeness (QED) is 0.308. The van der Waals surface area contributed by atoms with Gasteiger partial charge in [-0.3, -0.25) is 9.88 Å². The maximum atomic E-state index is 2.73. The summed E-state index contributed by atoms with van der Waals surface area (Å²) in [5, 5.41) is 4.03. The van der Waals surface area contributed by atoms with Crippen LogP contribution in [0.3, 0.4) is 0 Å². The Morgan fingerprint density at radius 3 is 2.54 bits per heavy atom. The molecule has 0 spiro atoms. The second-order valence-electron chi connectivity index (χ2n) is 16.9. The molecule has 270 valence electrons. The first kappa shape index (κ1) is 32.6. The molecule has 11 rings (SSSR count). The van der Waals surface area contributed by atoms with E-state index < -0.39 is 0 Å². The highest BCUT2D eigenvalue weighted by Crippen LogP contribution is 2.48. The van der Waals surface area contributed by atoms with Crippen LogP contribution in [0.1, 0.15) is 74.4 Å². The highest BCUT2D eigenvalue weighted by Gasteiger charge is 2.47. The Balaban J connectivity index is 0.968. The van der Waals surface area contributed by atoms with Gasteiger partial charge in [0.25, 0.3) is 0 Å². The third-order valence-corrected chi connectivity index (χ3v) is 14.0. The van der Waals surface area contributed by atoms with Crippen LogP contribution in [0, 0.1) is 29.6 Å².